The Morgan fingerprint density at radius 3 is 2.40 bits per heavy atom. The Kier molecular flexibility index (Phi) is 2.09. The van der Waals surface area contributed by atoms with Crippen molar-refractivity contribution in [2.45, 2.75) is 25.0 Å². The van der Waals surface area contributed by atoms with Gasteiger partial charge in [-0.1, -0.05) is 0 Å². The zero-order valence-corrected chi connectivity index (χ0v) is 5.87. The molecule has 3 nitrogen and oxygen atoms in total. The SMILES string of the molecule is O=C([O-])[C@@H]1O[C@@H]1C1CC1.[Li+]. The summed E-state index contributed by atoms with van der Waals surface area (Å²) in [7, 11) is 0. The molecule has 50 valence electrons. The van der Waals surface area contributed by atoms with Crippen LogP contribution in [0.5, 0.6) is 0 Å². The van der Waals surface area contributed by atoms with Crippen LogP contribution in [0, 0.1) is 5.92 Å². The summed E-state index contributed by atoms with van der Waals surface area (Å²) >= 11 is 0. The van der Waals surface area contributed by atoms with E-state index >= 15 is 0 Å². The second kappa shape index (κ2) is 2.58. The zero-order valence-electron chi connectivity index (χ0n) is 5.87. The van der Waals surface area contributed by atoms with Crippen LogP contribution >= 0.6 is 0 Å². The summed E-state index contributed by atoms with van der Waals surface area (Å²) in [5, 5.41) is 10.1. The van der Waals surface area contributed by atoms with E-state index in [0.717, 1.165) is 12.8 Å². The molecule has 10 heavy (non-hydrogen) atoms. The Morgan fingerprint density at radius 2 is 2.10 bits per heavy atom. The van der Waals surface area contributed by atoms with Gasteiger partial charge in [-0.25, -0.2) is 0 Å². The minimum atomic E-state index is -1.05. The first-order valence-electron chi connectivity index (χ1n) is 3.15. The molecule has 1 saturated heterocycles. The number of carbonyl (C=O) groups is 1. The van der Waals surface area contributed by atoms with Crippen molar-refractivity contribution in [3.05, 3.63) is 0 Å². The zero-order chi connectivity index (χ0) is 6.43. The van der Waals surface area contributed by atoms with E-state index in [9.17, 15) is 9.90 Å². The van der Waals surface area contributed by atoms with Gasteiger partial charge in [0.1, 0.15) is 6.10 Å². The number of ether oxygens (including phenoxy) is 1. The van der Waals surface area contributed by atoms with Gasteiger partial charge in [0.15, 0.2) is 0 Å². The van der Waals surface area contributed by atoms with Gasteiger partial charge in [0.25, 0.3) is 0 Å². The molecule has 2 atom stereocenters. The van der Waals surface area contributed by atoms with Gasteiger partial charge in [-0.2, -0.15) is 0 Å². The standard InChI is InChI=1S/C6H8O3.Li/c7-6(8)5-4(9-5)3-1-2-3;/h3-5H,1-2H2,(H,7,8);/q;+1/p-1/t4-,5-;/m1./s1. The van der Waals surface area contributed by atoms with Crippen molar-refractivity contribution >= 4 is 5.97 Å². The van der Waals surface area contributed by atoms with E-state index < -0.39 is 12.1 Å². The molecule has 2 aliphatic rings. The minimum Gasteiger partial charge on any atom is -0.547 e. The summed E-state index contributed by atoms with van der Waals surface area (Å²) in [5.41, 5.74) is 0. The van der Waals surface area contributed by atoms with Gasteiger partial charge in [0, 0.05) is 0 Å². The van der Waals surface area contributed by atoms with Gasteiger partial charge in [-0.05, 0) is 18.8 Å². The average molecular weight is 134 g/mol. The molecule has 1 saturated carbocycles. The molecule has 0 aromatic heterocycles. The monoisotopic (exact) mass is 134 g/mol. The van der Waals surface area contributed by atoms with Crippen LogP contribution in [0.3, 0.4) is 0 Å². The molecule has 1 heterocycles. The van der Waals surface area contributed by atoms with Crippen LogP contribution in [-0.2, 0) is 9.53 Å². The van der Waals surface area contributed by atoms with Crippen LogP contribution in [0.4, 0.5) is 0 Å². The molecule has 2 fully saturated rings. The number of carboxylic acids is 1. The van der Waals surface area contributed by atoms with Crippen molar-refractivity contribution in [1.82, 2.24) is 0 Å². The van der Waals surface area contributed by atoms with Gasteiger partial charge in [-0.15, -0.1) is 0 Å². The van der Waals surface area contributed by atoms with Gasteiger partial charge in [-0.3, -0.25) is 0 Å². The molecule has 0 aromatic rings. The number of carbonyl (C=O) groups excluding carboxylic acids is 1. The van der Waals surface area contributed by atoms with E-state index in [4.69, 9.17) is 4.74 Å². The maximum absolute atomic E-state index is 10.1. The summed E-state index contributed by atoms with van der Waals surface area (Å²) < 4.78 is 4.84. The van der Waals surface area contributed by atoms with E-state index in [2.05, 4.69) is 0 Å². The van der Waals surface area contributed by atoms with Crippen LogP contribution < -0.4 is 24.0 Å². The molecule has 0 aromatic carbocycles. The Labute approximate surface area is 70.9 Å². The molecule has 0 spiro atoms. The second-order valence-electron chi connectivity index (χ2n) is 2.68. The Morgan fingerprint density at radius 1 is 1.50 bits per heavy atom. The molecule has 0 bridgehead atoms. The quantitative estimate of drug-likeness (QED) is 0.285. The molecule has 0 radical (unpaired) electrons. The maximum Gasteiger partial charge on any atom is 1.00 e. The van der Waals surface area contributed by atoms with Gasteiger partial charge < -0.3 is 14.6 Å². The number of carboxylic acid groups (broad SMARTS) is 1. The van der Waals surface area contributed by atoms with Gasteiger partial charge >= 0.3 is 18.9 Å². The summed E-state index contributed by atoms with van der Waals surface area (Å²) in [5.74, 6) is -0.514. The topological polar surface area (TPSA) is 52.7 Å². The fourth-order valence-corrected chi connectivity index (χ4v) is 1.10. The molecule has 1 aliphatic carbocycles. The van der Waals surface area contributed by atoms with Crippen LogP contribution in [0.2, 0.25) is 0 Å². The van der Waals surface area contributed by atoms with E-state index in [1.54, 1.807) is 0 Å². The molecule has 0 unspecified atom stereocenters. The molecule has 2 rings (SSSR count). The largest absolute Gasteiger partial charge is 1.00 e. The smallest absolute Gasteiger partial charge is 0.547 e. The van der Waals surface area contributed by atoms with Crippen molar-refractivity contribution in [2.24, 2.45) is 5.92 Å². The number of hydrogen-bond acceptors (Lipinski definition) is 3. The van der Waals surface area contributed by atoms with Crippen LogP contribution in [0.25, 0.3) is 0 Å². The third-order valence-electron chi connectivity index (χ3n) is 1.84. The molecule has 4 heteroatoms. The predicted molar refractivity (Wildman–Crippen MR) is 26.4 cm³/mol. The summed E-state index contributed by atoms with van der Waals surface area (Å²) in [4.78, 5) is 10.1. The minimum absolute atomic E-state index is 0. The first-order chi connectivity index (χ1) is 4.29. The van der Waals surface area contributed by atoms with Gasteiger partial charge in [0.05, 0.1) is 12.1 Å². The van der Waals surface area contributed by atoms with Crippen molar-refractivity contribution in [3.63, 3.8) is 0 Å². The van der Waals surface area contributed by atoms with Crippen molar-refractivity contribution in [1.29, 1.82) is 0 Å². The molecular formula is C6H7LiO3. The molecule has 1 aliphatic heterocycles. The fourth-order valence-electron chi connectivity index (χ4n) is 1.10. The Hall–Kier alpha value is 0.0274. The summed E-state index contributed by atoms with van der Waals surface area (Å²) in [6.07, 6.45) is 1.70. The van der Waals surface area contributed by atoms with E-state index in [1.807, 2.05) is 0 Å². The third-order valence-corrected chi connectivity index (χ3v) is 1.84. The number of aliphatic carboxylic acids is 1. The van der Waals surface area contributed by atoms with Crippen LogP contribution in [0.15, 0.2) is 0 Å². The average Bonchev–Trinajstić information content (AvgIpc) is 2.60. The summed E-state index contributed by atoms with van der Waals surface area (Å²) in [6, 6.07) is 0. The Bertz CT molecular complexity index is 155. The van der Waals surface area contributed by atoms with Crippen molar-refractivity contribution < 1.29 is 33.5 Å². The maximum atomic E-state index is 10.1. The second-order valence-corrected chi connectivity index (χ2v) is 2.68. The van der Waals surface area contributed by atoms with E-state index in [1.165, 1.54) is 0 Å². The number of epoxide rings is 1. The normalized spacial score (nSPS) is 36.4. The van der Waals surface area contributed by atoms with Crippen molar-refractivity contribution in [2.75, 3.05) is 0 Å². The summed E-state index contributed by atoms with van der Waals surface area (Å²) in [6.45, 7) is 0. The van der Waals surface area contributed by atoms with Crippen molar-refractivity contribution in [3.8, 4) is 0 Å². The molecular weight excluding hydrogens is 127 g/mol. The van der Waals surface area contributed by atoms with Gasteiger partial charge in [0.2, 0.25) is 0 Å². The fraction of sp³-hybridized carbons (Fsp3) is 0.833. The molecule has 0 amide bonds. The number of rotatable bonds is 2. The van der Waals surface area contributed by atoms with E-state index in [0.29, 0.717) is 5.92 Å². The predicted octanol–water partition coefficient (Wildman–Crippen LogP) is -4.08. The molecule has 0 N–H and O–H groups in total. The van der Waals surface area contributed by atoms with Crippen LogP contribution in [-0.4, -0.2) is 18.2 Å². The third kappa shape index (κ3) is 1.37. The number of hydrogen-bond donors (Lipinski definition) is 0. The van der Waals surface area contributed by atoms with E-state index in [-0.39, 0.29) is 25.0 Å². The Balaban J connectivity index is 0.000000500. The van der Waals surface area contributed by atoms with Crippen LogP contribution in [0.1, 0.15) is 12.8 Å². The first kappa shape index (κ1) is 8.13. The first-order valence-corrected chi connectivity index (χ1v) is 3.15.